The molecule has 0 aliphatic carbocycles. The number of ether oxygens (including phenoxy) is 1. The lowest BCUT2D eigenvalue weighted by atomic mass is 10.0. The van der Waals surface area contributed by atoms with E-state index in [-0.39, 0.29) is 18.3 Å². The van der Waals surface area contributed by atoms with E-state index in [2.05, 4.69) is 4.98 Å². The number of aromatic nitrogens is 1. The van der Waals surface area contributed by atoms with Gasteiger partial charge in [-0.05, 0) is 36.6 Å². The summed E-state index contributed by atoms with van der Waals surface area (Å²) >= 11 is 0. The maximum atomic E-state index is 13.2. The van der Waals surface area contributed by atoms with Crippen LogP contribution in [0.3, 0.4) is 0 Å². The molecule has 1 saturated heterocycles. The van der Waals surface area contributed by atoms with Crippen LogP contribution in [-0.2, 0) is 11.3 Å². The van der Waals surface area contributed by atoms with Crippen LogP contribution in [0, 0.1) is 5.82 Å². The van der Waals surface area contributed by atoms with E-state index in [1.165, 1.54) is 12.1 Å². The van der Waals surface area contributed by atoms with Crippen LogP contribution < -0.4 is 0 Å². The molecule has 0 spiro atoms. The molecule has 2 heterocycles. The number of aliphatic hydroxyl groups excluding tert-OH is 1. The first-order valence-electron chi connectivity index (χ1n) is 6.71. The van der Waals surface area contributed by atoms with Gasteiger partial charge in [0.1, 0.15) is 5.82 Å². The highest BCUT2D eigenvalue weighted by molar-refractivity contribution is 5.61. The minimum Gasteiger partial charge on any atom is -0.440 e. The third kappa shape index (κ3) is 2.59. The van der Waals surface area contributed by atoms with E-state index in [1.807, 2.05) is 0 Å². The van der Waals surface area contributed by atoms with Crippen molar-refractivity contribution in [2.75, 3.05) is 13.2 Å². The van der Waals surface area contributed by atoms with Gasteiger partial charge in [0.2, 0.25) is 0 Å². The number of rotatable bonds is 3. The number of hydrogen-bond acceptors (Lipinski definition) is 4. The molecule has 3 rings (SSSR count). The van der Waals surface area contributed by atoms with Gasteiger partial charge in [0, 0.05) is 24.7 Å². The summed E-state index contributed by atoms with van der Waals surface area (Å²) in [5.41, 5.74) is 1.18. The maximum Gasteiger partial charge on any atom is 0.198 e. The molecule has 1 aromatic heterocycles. The van der Waals surface area contributed by atoms with Crippen LogP contribution in [-0.4, -0.2) is 23.3 Å². The predicted octanol–water partition coefficient (Wildman–Crippen LogP) is 2.87. The molecule has 1 N–H and O–H groups in total. The van der Waals surface area contributed by atoms with Crippen LogP contribution in [0.4, 0.5) is 4.39 Å². The summed E-state index contributed by atoms with van der Waals surface area (Å²) in [5.74, 6) is 1.16. The second-order valence-electron chi connectivity index (χ2n) is 4.91. The molecule has 5 heteroatoms. The topological polar surface area (TPSA) is 55.5 Å². The standard InChI is InChI=1S/C15H16FNO3/c16-12-1-2-13(11(7-12)9-18)14-8-17-15(20-14)10-3-5-19-6-4-10/h1-2,7-8,10,18H,3-6,9H2. The Labute approximate surface area is 116 Å². The Kier molecular flexibility index (Phi) is 3.80. The number of benzene rings is 1. The Morgan fingerprint density at radius 3 is 2.85 bits per heavy atom. The summed E-state index contributed by atoms with van der Waals surface area (Å²) in [6, 6.07) is 4.27. The first-order valence-corrected chi connectivity index (χ1v) is 6.71. The van der Waals surface area contributed by atoms with E-state index >= 15 is 0 Å². The summed E-state index contributed by atoms with van der Waals surface area (Å²) in [7, 11) is 0. The van der Waals surface area contributed by atoms with Gasteiger partial charge >= 0.3 is 0 Å². The van der Waals surface area contributed by atoms with Crippen molar-refractivity contribution in [3.05, 3.63) is 41.7 Å². The fraction of sp³-hybridized carbons (Fsp3) is 0.400. The molecule has 1 fully saturated rings. The van der Waals surface area contributed by atoms with Crippen molar-refractivity contribution in [2.45, 2.75) is 25.4 Å². The minimum atomic E-state index is -0.373. The molecule has 1 aliphatic heterocycles. The number of halogens is 1. The monoisotopic (exact) mass is 277 g/mol. The van der Waals surface area contributed by atoms with E-state index < -0.39 is 0 Å². The van der Waals surface area contributed by atoms with Crippen LogP contribution in [0.1, 0.15) is 30.2 Å². The number of hydrogen-bond donors (Lipinski definition) is 1. The molecule has 1 aliphatic rings. The van der Waals surface area contributed by atoms with Crippen molar-refractivity contribution in [1.82, 2.24) is 4.98 Å². The molecule has 0 atom stereocenters. The average Bonchev–Trinajstić information content (AvgIpc) is 2.97. The molecule has 0 unspecified atom stereocenters. The Balaban J connectivity index is 1.89. The lowest BCUT2D eigenvalue weighted by Crippen LogP contribution is -2.14. The van der Waals surface area contributed by atoms with Crippen LogP contribution in [0.2, 0.25) is 0 Å². The van der Waals surface area contributed by atoms with E-state index in [0.29, 0.717) is 22.8 Å². The Bertz CT molecular complexity index is 591. The van der Waals surface area contributed by atoms with Crippen LogP contribution >= 0.6 is 0 Å². The van der Waals surface area contributed by atoms with Crippen molar-refractivity contribution >= 4 is 0 Å². The fourth-order valence-corrected chi connectivity index (χ4v) is 2.48. The molecule has 0 radical (unpaired) electrons. The van der Waals surface area contributed by atoms with Crippen molar-refractivity contribution < 1.29 is 18.7 Å². The highest BCUT2D eigenvalue weighted by Crippen LogP contribution is 2.31. The van der Waals surface area contributed by atoms with Crippen molar-refractivity contribution in [2.24, 2.45) is 0 Å². The molecule has 4 nitrogen and oxygen atoms in total. The van der Waals surface area contributed by atoms with Gasteiger partial charge in [-0.15, -0.1) is 0 Å². The zero-order valence-corrected chi connectivity index (χ0v) is 11.0. The lowest BCUT2D eigenvalue weighted by molar-refractivity contribution is 0.0796. The molecular weight excluding hydrogens is 261 g/mol. The summed E-state index contributed by atoms with van der Waals surface area (Å²) in [6.07, 6.45) is 3.43. The first-order chi connectivity index (χ1) is 9.78. The quantitative estimate of drug-likeness (QED) is 0.937. The fourth-order valence-electron chi connectivity index (χ4n) is 2.48. The molecule has 1 aromatic carbocycles. The van der Waals surface area contributed by atoms with Gasteiger partial charge in [-0.3, -0.25) is 0 Å². The number of aliphatic hydroxyl groups is 1. The second-order valence-corrected chi connectivity index (χ2v) is 4.91. The average molecular weight is 277 g/mol. The predicted molar refractivity (Wildman–Crippen MR) is 70.6 cm³/mol. The third-order valence-corrected chi connectivity index (χ3v) is 3.60. The van der Waals surface area contributed by atoms with Gasteiger partial charge in [0.05, 0.1) is 12.8 Å². The van der Waals surface area contributed by atoms with Gasteiger partial charge in [-0.25, -0.2) is 9.37 Å². The minimum absolute atomic E-state index is 0.236. The largest absolute Gasteiger partial charge is 0.440 e. The van der Waals surface area contributed by atoms with E-state index in [0.717, 1.165) is 26.1 Å². The third-order valence-electron chi connectivity index (χ3n) is 3.60. The second kappa shape index (κ2) is 5.73. The van der Waals surface area contributed by atoms with Gasteiger partial charge in [-0.2, -0.15) is 0 Å². The Morgan fingerprint density at radius 2 is 2.10 bits per heavy atom. The molecule has 2 aromatic rings. The van der Waals surface area contributed by atoms with E-state index in [1.54, 1.807) is 12.3 Å². The highest BCUT2D eigenvalue weighted by Gasteiger charge is 2.21. The number of oxazole rings is 1. The Morgan fingerprint density at radius 1 is 1.30 bits per heavy atom. The molecule has 0 amide bonds. The van der Waals surface area contributed by atoms with Crippen LogP contribution in [0.5, 0.6) is 0 Å². The zero-order chi connectivity index (χ0) is 13.9. The first kappa shape index (κ1) is 13.3. The van der Waals surface area contributed by atoms with Crippen LogP contribution in [0.25, 0.3) is 11.3 Å². The normalized spacial score (nSPS) is 16.5. The number of nitrogens with zero attached hydrogens (tertiary/aromatic N) is 1. The zero-order valence-electron chi connectivity index (χ0n) is 11.0. The Hall–Kier alpha value is -1.72. The molecule has 0 bridgehead atoms. The lowest BCUT2D eigenvalue weighted by Gasteiger charge is -2.18. The van der Waals surface area contributed by atoms with Crippen LogP contribution in [0.15, 0.2) is 28.8 Å². The smallest absolute Gasteiger partial charge is 0.198 e. The summed E-state index contributed by atoms with van der Waals surface area (Å²) in [4.78, 5) is 4.32. The molecule has 0 saturated carbocycles. The summed E-state index contributed by atoms with van der Waals surface area (Å²) in [5, 5.41) is 9.31. The summed E-state index contributed by atoms with van der Waals surface area (Å²) in [6.45, 7) is 1.21. The van der Waals surface area contributed by atoms with Gasteiger partial charge < -0.3 is 14.3 Å². The van der Waals surface area contributed by atoms with E-state index in [9.17, 15) is 9.50 Å². The molecule has 20 heavy (non-hydrogen) atoms. The van der Waals surface area contributed by atoms with Crippen molar-refractivity contribution in [1.29, 1.82) is 0 Å². The van der Waals surface area contributed by atoms with Gasteiger partial charge in [0.15, 0.2) is 11.7 Å². The molecule has 106 valence electrons. The molecular formula is C15H16FNO3. The SMILES string of the molecule is OCc1cc(F)ccc1-c1cnc(C2CCOCC2)o1. The van der Waals surface area contributed by atoms with Gasteiger partial charge in [0.25, 0.3) is 0 Å². The van der Waals surface area contributed by atoms with E-state index in [4.69, 9.17) is 9.15 Å². The summed E-state index contributed by atoms with van der Waals surface area (Å²) < 4.78 is 24.3. The highest BCUT2D eigenvalue weighted by atomic mass is 19.1. The van der Waals surface area contributed by atoms with Crippen molar-refractivity contribution in [3.8, 4) is 11.3 Å². The maximum absolute atomic E-state index is 13.2. The van der Waals surface area contributed by atoms with Gasteiger partial charge in [-0.1, -0.05) is 0 Å². The van der Waals surface area contributed by atoms with Crippen molar-refractivity contribution in [3.63, 3.8) is 0 Å².